The topological polar surface area (TPSA) is 234 Å². The summed E-state index contributed by atoms with van der Waals surface area (Å²) in [5.74, 6) is -2.07. The summed E-state index contributed by atoms with van der Waals surface area (Å²) < 4.78 is 39.4. The number of methoxy groups -OCH3 is 1. The molecule has 115 heavy (non-hydrogen) atoms. The number of hydrogen-bond acceptors (Lipinski definition) is 19. The molecule has 0 radical (unpaired) electrons. The highest BCUT2D eigenvalue weighted by molar-refractivity contribution is 6.33. The number of amides is 3. The smallest absolute Gasteiger partial charge is 0.345 e. The fourth-order valence-electron chi connectivity index (χ4n) is 14.6. The van der Waals surface area contributed by atoms with Crippen LogP contribution in [0.4, 0.5) is 21.5 Å². The molecule has 3 aromatic heterocycles. The van der Waals surface area contributed by atoms with Crippen molar-refractivity contribution in [2.24, 2.45) is 0 Å². The van der Waals surface area contributed by atoms with Crippen molar-refractivity contribution in [3.8, 4) is 5.75 Å². The van der Waals surface area contributed by atoms with Gasteiger partial charge in [-0.25, -0.2) is 18.8 Å². The van der Waals surface area contributed by atoms with E-state index in [1.165, 1.54) is 24.3 Å². The molecule has 0 unspecified atom stereocenters. The van der Waals surface area contributed by atoms with Crippen molar-refractivity contribution in [2.45, 2.75) is 59.7 Å². The van der Waals surface area contributed by atoms with Crippen molar-refractivity contribution in [1.82, 2.24) is 43.1 Å². The molecule has 6 aromatic carbocycles. The third kappa shape index (κ3) is 21.2. The molecule has 6 heterocycles. The van der Waals surface area contributed by atoms with Crippen LogP contribution in [0.5, 0.6) is 5.75 Å². The van der Waals surface area contributed by atoms with Gasteiger partial charge in [-0.15, -0.1) is 0 Å². The Morgan fingerprint density at radius 3 is 0.896 bits per heavy atom. The second-order valence-electron chi connectivity index (χ2n) is 28.7. The number of piperazine rings is 3. The third-order valence-corrected chi connectivity index (χ3v) is 21.1. The van der Waals surface area contributed by atoms with E-state index in [4.69, 9.17) is 65.4 Å². The Morgan fingerprint density at radius 1 is 0.374 bits per heavy atom. The molecule has 9 aromatic rings. The van der Waals surface area contributed by atoms with Gasteiger partial charge in [-0.2, -0.15) is 0 Å². The monoisotopic (exact) mass is 1650 g/mol. The van der Waals surface area contributed by atoms with E-state index < -0.39 is 29.3 Å². The maximum Gasteiger partial charge on any atom is 0.345 e. The number of benzene rings is 6. The molecule has 0 bridgehead atoms. The normalized spacial score (nSPS) is 13.8. The zero-order chi connectivity index (χ0) is 82.9. The number of anilines is 3. The second kappa shape index (κ2) is 40.5. The van der Waals surface area contributed by atoms with Crippen LogP contribution in [0.1, 0.15) is 102 Å². The van der Waals surface area contributed by atoms with E-state index in [9.17, 15) is 47.5 Å². The van der Waals surface area contributed by atoms with E-state index in [-0.39, 0.29) is 65.4 Å². The number of carbonyl (C=O) groups excluding carboxylic acids is 6. The van der Waals surface area contributed by atoms with Gasteiger partial charge in [-0.05, 0) is 229 Å². The van der Waals surface area contributed by atoms with Crippen LogP contribution in [-0.2, 0) is 33.8 Å². The molecule has 30 heteroatoms. The average Bonchev–Trinajstić information content (AvgIpc) is 0.754. The second-order valence-corrected chi connectivity index (χ2v) is 30.5. The summed E-state index contributed by atoms with van der Waals surface area (Å²) in [6.07, 6.45) is 2.19. The standard InChI is InChI=1S/C29H35ClN4O5.C28H32Cl2N4O4.C28H32ClFN4O4/c1-5-39-29(37)25-26(23-19-21(30)9-12-24(23)34(28(25)36)14-6-13-31(2)3)32-15-17-33(18-16-32)27(35)20-7-10-22(38-4)11-8-20;1-4-38-28(37)24-25(32-14-16-33(17-15-32)26(35)19-6-8-20(29)9-7-19)22-18-21(30)10-11-23(22)34(27(24)36)13-5-12-31(2)3;1-4-38-28(37)24-25(32-14-16-33(17-15-32)26(35)19-6-9-21(30)10-7-19)22-18-20(29)8-11-23(22)34(27(24)36)13-5-12-31(2)3/h7-12,19H,5-6,13-18H2,1-4H3;2*6-11,18H,4-5,12-17H2,1-3H3. The lowest BCUT2D eigenvalue weighted by molar-refractivity contribution is 0.0514. The maximum atomic E-state index is 13.8. The van der Waals surface area contributed by atoms with Crippen molar-refractivity contribution >= 4 is 132 Å². The first kappa shape index (κ1) is 87.3. The van der Waals surface area contributed by atoms with Gasteiger partial charge in [0.2, 0.25) is 0 Å². The Morgan fingerprint density at radius 2 is 0.635 bits per heavy atom. The number of nitrogens with zero attached hydrogens (tertiary/aromatic N) is 12. The first-order valence-corrected chi connectivity index (χ1v) is 40.0. The van der Waals surface area contributed by atoms with Crippen LogP contribution in [-0.4, -0.2) is 246 Å². The van der Waals surface area contributed by atoms with Crippen molar-refractivity contribution in [3.05, 3.63) is 218 Å². The van der Waals surface area contributed by atoms with Crippen molar-refractivity contribution in [2.75, 3.05) is 182 Å². The SMILES string of the molecule is CCOC(=O)c1c(N2CCN(C(=O)c3ccc(Cl)cc3)CC2)c2cc(Cl)ccc2n(CCCN(C)C)c1=O.CCOC(=O)c1c(N2CCN(C(=O)c3ccc(F)cc3)CC2)c2cc(Cl)ccc2n(CCCN(C)C)c1=O.CCOC(=O)c1c(N2CCN(C(=O)c3ccc(OC)cc3)CC2)c2cc(Cl)ccc2n(CCCN(C)C)c1=O. The van der Waals surface area contributed by atoms with Gasteiger partial charge in [0, 0.05) is 151 Å². The van der Waals surface area contributed by atoms with Crippen LogP contribution in [0.25, 0.3) is 32.7 Å². The van der Waals surface area contributed by atoms with Gasteiger partial charge in [0.15, 0.2) is 0 Å². The van der Waals surface area contributed by atoms with Gasteiger partial charge in [-0.1, -0.05) is 46.4 Å². The fraction of sp³-hybridized carbons (Fsp3) is 0.400. The summed E-state index contributed by atoms with van der Waals surface area (Å²) in [5, 5.41) is 4.17. The summed E-state index contributed by atoms with van der Waals surface area (Å²) in [6, 6.07) is 35.4. The highest BCUT2D eigenvalue weighted by Crippen LogP contribution is 2.37. The lowest BCUT2D eigenvalue weighted by Crippen LogP contribution is -2.49. The van der Waals surface area contributed by atoms with Gasteiger partial charge >= 0.3 is 17.9 Å². The van der Waals surface area contributed by atoms with Crippen LogP contribution >= 0.6 is 46.4 Å². The highest BCUT2D eigenvalue weighted by Gasteiger charge is 2.35. The quantitative estimate of drug-likeness (QED) is 0.0382. The molecule has 0 spiro atoms. The molecule has 0 N–H and O–H groups in total. The largest absolute Gasteiger partial charge is 0.497 e. The molecule has 0 atom stereocenters. The minimum absolute atomic E-state index is 0.00366. The molecule has 25 nitrogen and oxygen atoms in total. The lowest BCUT2D eigenvalue weighted by atomic mass is 10.1. The minimum Gasteiger partial charge on any atom is -0.497 e. The maximum absolute atomic E-state index is 13.8. The van der Waals surface area contributed by atoms with Crippen LogP contribution in [0, 0.1) is 5.82 Å². The number of ether oxygens (including phenoxy) is 4. The van der Waals surface area contributed by atoms with Crippen molar-refractivity contribution in [3.63, 3.8) is 0 Å². The number of carbonyl (C=O) groups is 6. The number of pyridine rings is 3. The van der Waals surface area contributed by atoms with Crippen molar-refractivity contribution in [1.29, 1.82) is 0 Å². The van der Waals surface area contributed by atoms with Gasteiger partial charge in [0.25, 0.3) is 34.4 Å². The number of fused-ring (bicyclic) bond motifs is 3. The molecule has 3 aliphatic rings. The van der Waals surface area contributed by atoms with E-state index in [1.54, 1.807) is 141 Å². The van der Waals surface area contributed by atoms with E-state index in [0.717, 1.165) is 38.9 Å². The molecular formula is C85H99Cl4FN12O13. The van der Waals surface area contributed by atoms with Crippen LogP contribution in [0.15, 0.2) is 142 Å². The Bertz CT molecular complexity index is 4960. The predicted molar refractivity (Wildman–Crippen MR) is 452 cm³/mol. The van der Waals surface area contributed by atoms with Crippen LogP contribution in [0.3, 0.4) is 0 Å². The number of rotatable bonds is 25. The number of aromatic nitrogens is 3. The molecule has 612 valence electrons. The first-order chi connectivity index (χ1) is 55.2. The number of halogens is 5. The third-order valence-electron chi connectivity index (χ3n) is 20.2. The summed E-state index contributed by atoms with van der Waals surface area (Å²) >= 11 is 25.2. The van der Waals surface area contributed by atoms with Crippen molar-refractivity contribution < 1.29 is 52.1 Å². The molecule has 0 saturated carbocycles. The zero-order valence-corrected chi connectivity index (χ0v) is 69.7. The average molecular weight is 1660 g/mol. The van der Waals surface area contributed by atoms with Crippen LogP contribution < -0.4 is 36.1 Å². The minimum atomic E-state index is -0.680. The predicted octanol–water partition coefficient (Wildman–Crippen LogP) is 12.0. The van der Waals surface area contributed by atoms with E-state index in [0.29, 0.717) is 190 Å². The number of aryl methyl sites for hydroxylation is 3. The summed E-state index contributed by atoms with van der Waals surface area (Å²) in [5.41, 5.74) is 3.96. The Kier molecular flexibility index (Phi) is 30.7. The zero-order valence-electron chi connectivity index (χ0n) is 66.7. The summed E-state index contributed by atoms with van der Waals surface area (Å²) in [7, 11) is 13.4. The Balaban J connectivity index is 0.000000182. The molecule has 0 aliphatic carbocycles. The summed E-state index contributed by atoms with van der Waals surface area (Å²) in [6.45, 7) is 14.3. The Hall–Kier alpha value is -10.1. The van der Waals surface area contributed by atoms with Gasteiger partial charge in [-0.3, -0.25) is 28.8 Å². The molecule has 3 fully saturated rings. The van der Waals surface area contributed by atoms with E-state index in [1.807, 2.05) is 80.1 Å². The number of hydrogen-bond donors (Lipinski definition) is 0. The van der Waals surface area contributed by atoms with E-state index in [2.05, 4.69) is 9.80 Å². The van der Waals surface area contributed by atoms with Gasteiger partial charge < -0.3 is 76.7 Å². The van der Waals surface area contributed by atoms with Gasteiger partial charge in [0.1, 0.15) is 28.3 Å². The molecular weight excluding hydrogens is 1560 g/mol. The lowest BCUT2D eigenvalue weighted by Gasteiger charge is -2.37. The highest BCUT2D eigenvalue weighted by atomic mass is 35.5. The Labute approximate surface area is 688 Å². The first-order valence-electron chi connectivity index (χ1n) is 38.5. The van der Waals surface area contributed by atoms with E-state index >= 15 is 0 Å². The van der Waals surface area contributed by atoms with Gasteiger partial charge in [0.05, 0.1) is 60.5 Å². The fourth-order valence-corrected chi connectivity index (χ4v) is 15.2. The molecule has 3 aliphatic heterocycles. The van der Waals surface area contributed by atoms with Crippen LogP contribution in [0.2, 0.25) is 20.1 Å². The molecule has 3 amide bonds. The number of esters is 3. The molecule has 3 saturated heterocycles. The summed E-state index contributed by atoms with van der Waals surface area (Å²) in [4.78, 5) is 137. The molecule has 12 rings (SSSR count).